The average molecular weight is 243 g/mol. The number of nitriles is 1. The third kappa shape index (κ3) is 1.73. The summed E-state index contributed by atoms with van der Waals surface area (Å²) in [5, 5.41) is 12.2. The standard InChI is InChI=1S/C13H17N5/c1-2-12-11-6-15-4-9(11)8-18(12)13-7-16-10(3-14)5-17-13/h5,7,9,11-12,15H,2,4,6,8H2,1H3. The summed E-state index contributed by atoms with van der Waals surface area (Å²) in [6.45, 7) is 5.51. The molecule has 2 aliphatic rings. The van der Waals surface area contributed by atoms with Crippen molar-refractivity contribution in [3.8, 4) is 6.07 Å². The molecule has 1 N–H and O–H groups in total. The Kier molecular flexibility index (Phi) is 2.88. The van der Waals surface area contributed by atoms with Crippen molar-refractivity contribution in [3.63, 3.8) is 0 Å². The molecule has 1 aromatic rings. The Morgan fingerprint density at radius 3 is 3.00 bits per heavy atom. The second kappa shape index (κ2) is 4.54. The zero-order chi connectivity index (χ0) is 12.5. The molecule has 94 valence electrons. The number of nitrogens with zero attached hydrogens (tertiary/aromatic N) is 4. The van der Waals surface area contributed by atoms with E-state index in [1.165, 1.54) is 0 Å². The zero-order valence-corrected chi connectivity index (χ0v) is 10.5. The third-order valence-electron chi connectivity index (χ3n) is 4.18. The van der Waals surface area contributed by atoms with Crippen molar-refractivity contribution in [1.29, 1.82) is 5.26 Å². The summed E-state index contributed by atoms with van der Waals surface area (Å²) in [6, 6.07) is 2.56. The van der Waals surface area contributed by atoms with Gasteiger partial charge in [0.25, 0.3) is 0 Å². The van der Waals surface area contributed by atoms with Crippen LogP contribution in [0.4, 0.5) is 5.82 Å². The number of hydrogen-bond donors (Lipinski definition) is 1. The minimum absolute atomic E-state index is 0.382. The molecule has 5 nitrogen and oxygen atoms in total. The quantitative estimate of drug-likeness (QED) is 0.831. The van der Waals surface area contributed by atoms with E-state index in [2.05, 4.69) is 27.1 Å². The van der Waals surface area contributed by atoms with Gasteiger partial charge in [0.15, 0.2) is 5.69 Å². The predicted octanol–water partition coefficient (Wildman–Crippen LogP) is 0.782. The molecule has 0 aromatic carbocycles. The van der Waals surface area contributed by atoms with E-state index >= 15 is 0 Å². The van der Waals surface area contributed by atoms with Crippen LogP contribution in [-0.2, 0) is 0 Å². The van der Waals surface area contributed by atoms with Crippen LogP contribution in [0.5, 0.6) is 0 Å². The largest absolute Gasteiger partial charge is 0.352 e. The lowest BCUT2D eigenvalue weighted by Gasteiger charge is -2.27. The van der Waals surface area contributed by atoms with Gasteiger partial charge in [-0.05, 0) is 18.3 Å². The van der Waals surface area contributed by atoms with Gasteiger partial charge in [0.2, 0.25) is 0 Å². The second-order valence-electron chi connectivity index (χ2n) is 5.08. The number of aromatic nitrogens is 2. The van der Waals surface area contributed by atoms with Crippen molar-refractivity contribution in [1.82, 2.24) is 15.3 Å². The molecule has 18 heavy (non-hydrogen) atoms. The van der Waals surface area contributed by atoms with Crippen LogP contribution in [0.25, 0.3) is 0 Å². The van der Waals surface area contributed by atoms with E-state index in [9.17, 15) is 0 Å². The average Bonchev–Trinajstić information content (AvgIpc) is 2.98. The van der Waals surface area contributed by atoms with Crippen LogP contribution >= 0.6 is 0 Å². The smallest absolute Gasteiger partial charge is 0.158 e. The molecular formula is C13H17N5. The lowest BCUT2D eigenvalue weighted by Crippen LogP contribution is -2.35. The van der Waals surface area contributed by atoms with Crippen molar-refractivity contribution in [2.45, 2.75) is 19.4 Å². The number of anilines is 1. The third-order valence-corrected chi connectivity index (χ3v) is 4.18. The van der Waals surface area contributed by atoms with E-state index in [4.69, 9.17) is 5.26 Å². The van der Waals surface area contributed by atoms with Gasteiger partial charge >= 0.3 is 0 Å². The second-order valence-corrected chi connectivity index (χ2v) is 5.08. The zero-order valence-electron chi connectivity index (χ0n) is 10.5. The topological polar surface area (TPSA) is 64.8 Å². The molecule has 0 amide bonds. The minimum Gasteiger partial charge on any atom is -0.352 e. The van der Waals surface area contributed by atoms with Gasteiger partial charge < -0.3 is 10.2 Å². The van der Waals surface area contributed by atoms with E-state index in [1.807, 2.05) is 6.07 Å². The highest BCUT2D eigenvalue weighted by Crippen LogP contribution is 2.36. The Bertz CT molecular complexity index is 463. The Morgan fingerprint density at radius 1 is 1.44 bits per heavy atom. The molecule has 0 aliphatic carbocycles. The minimum atomic E-state index is 0.382. The van der Waals surface area contributed by atoms with Gasteiger partial charge in [-0.25, -0.2) is 9.97 Å². The molecule has 0 spiro atoms. The monoisotopic (exact) mass is 243 g/mol. The van der Waals surface area contributed by atoms with Crippen LogP contribution in [0.3, 0.4) is 0 Å². The van der Waals surface area contributed by atoms with Gasteiger partial charge in [-0.15, -0.1) is 0 Å². The number of rotatable bonds is 2. The molecule has 1 aromatic heterocycles. The molecule has 3 unspecified atom stereocenters. The van der Waals surface area contributed by atoms with Gasteiger partial charge in [-0.3, -0.25) is 0 Å². The maximum atomic E-state index is 8.75. The van der Waals surface area contributed by atoms with Crippen LogP contribution in [0.1, 0.15) is 19.0 Å². The van der Waals surface area contributed by atoms with E-state index < -0.39 is 0 Å². The normalized spacial score (nSPS) is 30.2. The van der Waals surface area contributed by atoms with E-state index in [-0.39, 0.29) is 0 Å². The van der Waals surface area contributed by atoms with Crippen LogP contribution in [0.2, 0.25) is 0 Å². The molecule has 2 fully saturated rings. The highest BCUT2D eigenvalue weighted by Gasteiger charge is 2.43. The Labute approximate surface area is 107 Å². The van der Waals surface area contributed by atoms with Gasteiger partial charge in [-0.1, -0.05) is 6.92 Å². The highest BCUT2D eigenvalue weighted by molar-refractivity contribution is 5.41. The fraction of sp³-hybridized carbons (Fsp3) is 0.615. The van der Waals surface area contributed by atoms with Crippen molar-refractivity contribution < 1.29 is 0 Å². The summed E-state index contributed by atoms with van der Waals surface area (Å²) in [5.74, 6) is 2.37. The molecule has 5 heteroatoms. The van der Waals surface area contributed by atoms with E-state index in [1.54, 1.807) is 12.4 Å². The summed E-state index contributed by atoms with van der Waals surface area (Å²) in [6.07, 6.45) is 4.43. The first-order chi connectivity index (χ1) is 8.83. The predicted molar refractivity (Wildman–Crippen MR) is 68.0 cm³/mol. The fourth-order valence-electron chi connectivity index (χ4n) is 3.34. The van der Waals surface area contributed by atoms with Gasteiger partial charge in [0.1, 0.15) is 11.9 Å². The summed E-state index contributed by atoms with van der Waals surface area (Å²) in [7, 11) is 0. The molecule has 0 bridgehead atoms. The molecule has 2 saturated heterocycles. The Balaban J connectivity index is 1.85. The molecule has 3 rings (SSSR count). The first-order valence-electron chi connectivity index (χ1n) is 6.53. The van der Waals surface area contributed by atoms with Gasteiger partial charge in [0.05, 0.1) is 12.4 Å². The number of nitrogens with one attached hydrogen (secondary N) is 1. The molecule has 3 atom stereocenters. The fourth-order valence-corrected chi connectivity index (χ4v) is 3.34. The van der Waals surface area contributed by atoms with Crippen molar-refractivity contribution >= 4 is 5.82 Å². The Morgan fingerprint density at radius 2 is 2.33 bits per heavy atom. The van der Waals surface area contributed by atoms with E-state index in [0.29, 0.717) is 11.7 Å². The van der Waals surface area contributed by atoms with Crippen LogP contribution < -0.4 is 10.2 Å². The molecule has 2 aliphatic heterocycles. The number of fused-ring (bicyclic) bond motifs is 1. The molecule has 0 radical (unpaired) electrons. The summed E-state index contributed by atoms with van der Waals surface area (Å²) < 4.78 is 0. The summed E-state index contributed by atoms with van der Waals surface area (Å²) in [5.41, 5.74) is 0.382. The first-order valence-corrected chi connectivity index (χ1v) is 6.53. The van der Waals surface area contributed by atoms with Gasteiger partial charge in [0, 0.05) is 25.7 Å². The van der Waals surface area contributed by atoms with Crippen LogP contribution in [0.15, 0.2) is 12.4 Å². The van der Waals surface area contributed by atoms with E-state index in [0.717, 1.165) is 43.7 Å². The van der Waals surface area contributed by atoms with Gasteiger partial charge in [-0.2, -0.15) is 5.26 Å². The first kappa shape index (κ1) is 11.4. The van der Waals surface area contributed by atoms with Crippen molar-refractivity contribution in [2.24, 2.45) is 11.8 Å². The maximum Gasteiger partial charge on any atom is 0.158 e. The maximum absolute atomic E-state index is 8.75. The molecule has 3 heterocycles. The molecular weight excluding hydrogens is 226 g/mol. The lowest BCUT2D eigenvalue weighted by atomic mass is 9.93. The SMILES string of the molecule is CCC1C2CNCC2CN1c1cnc(C#N)cn1. The summed E-state index contributed by atoms with van der Waals surface area (Å²) >= 11 is 0. The van der Waals surface area contributed by atoms with Crippen molar-refractivity contribution in [3.05, 3.63) is 18.1 Å². The van der Waals surface area contributed by atoms with Crippen LogP contribution in [0, 0.1) is 23.2 Å². The summed E-state index contributed by atoms with van der Waals surface area (Å²) in [4.78, 5) is 10.9. The Hall–Kier alpha value is -1.67. The molecule has 0 saturated carbocycles. The highest BCUT2D eigenvalue weighted by atomic mass is 15.3. The van der Waals surface area contributed by atoms with Crippen molar-refractivity contribution in [2.75, 3.05) is 24.5 Å². The lowest BCUT2D eigenvalue weighted by molar-refractivity contribution is 0.441. The number of hydrogen-bond acceptors (Lipinski definition) is 5. The van der Waals surface area contributed by atoms with Crippen LogP contribution in [-0.4, -0.2) is 35.6 Å².